The molecule has 1 heterocycles. The quantitative estimate of drug-likeness (QED) is 0.742. The molecule has 2 fully saturated rings. The van der Waals surface area contributed by atoms with Crippen molar-refractivity contribution in [2.45, 2.75) is 72.1 Å². The van der Waals surface area contributed by atoms with Gasteiger partial charge in [-0.3, -0.25) is 9.59 Å². The molecule has 0 N–H and O–H groups in total. The number of piperazine rings is 1. The van der Waals surface area contributed by atoms with E-state index in [2.05, 4.69) is 20.8 Å². The monoisotopic (exact) mass is 336 g/mol. The Morgan fingerprint density at radius 2 is 1.50 bits per heavy atom. The van der Waals surface area contributed by atoms with Gasteiger partial charge in [0.1, 0.15) is 0 Å². The summed E-state index contributed by atoms with van der Waals surface area (Å²) in [5.41, 5.74) is 0. The van der Waals surface area contributed by atoms with Crippen LogP contribution in [0, 0.1) is 17.8 Å². The zero-order chi connectivity index (χ0) is 17.5. The maximum absolute atomic E-state index is 12.7. The second-order valence-electron chi connectivity index (χ2n) is 8.28. The van der Waals surface area contributed by atoms with Crippen molar-refractivity contribution in [1.29, 1.82) is 0 Å². The molecule has 0 radical (unpaired) electrons. The number of carbonyl (C=O) groups excluding carboxylic acids is 2. The molecule has 0 spiro atoms. The van der Waals surface area contributed by atoms with Gasteiger partial charge in [-0.25, -0.2) is 0 Å². The van der Waals surface area contributed by atoms with Gasteiger partial charge in [0.15, 0.2) is 0 Å². The molecule has 24 heavy (non-hydrogen) atoms. The highest BCUT2D eigenvalue weighted by molar-refractivity contribution is 5.79. The van der Waals surface area contributed by atoms with E-state index in [9.17, 15) is 9.59 Å². The van der Waals surface area contributed by atoms with Crippen LogP contribution in [0.15, 0.2) is 0 Å². The first-order valence-corrected chi connectivity index (χ1v) is 10.0. The van der Waals surface area contributed by atoms with E-state index < -0.39 is 0 Å². The maximum Gasteiger partial charge on any atom is 0.225 e. The minimum absolute atomic E-state index is 0.135. The Hall–Kier alpha value is -1.06. The van der Waals surface area contributed by atoms with Crippen LogP contribution >= 0.6 is 0 Å². The van der Waals surface area contributed by atoms with Crippen molar-refractivity contribution in [2.24, 2.45) is 17.8 Å². The molecular formula is C20H36N2O2. The molecule has 1 aliphatic carbocycles. The largest absolute Gasteiger partial charge is 0.339 e. The average molecular weight is 337 g/mol. The molecule has 1 saturated carbocycles. The van der Waals surface area contributed by atoms with E-state index >= 15 is 0 Å². The molecule has 1 aliphatic heterocycles. The van der Waals surface area contributed by atoms with E-state index in [1.807, 2.05) is 9.80 Å². The Bertz CT molecular complexity index is 408. The molecule has 2 amide bonds. The molecule has 1 unspecified atom stereocenters. The molecule has 4 nitrogen and oxygen atoms in total. The van der Waals surface area contributed by atoms with E-state index in [1.54, 1.807) is 0 Å². The van der Waals surface area contributed by atoms with Crippen LogP contribution in [0.2, 0.25) is 0 Å². The summed E-state index contributed by atoms with van der Waals surface area (Å²) in [5, 5.41) is 0. The summed E-state index contributed by atoms with van der Waals surface area (Å²) in [6.45, 7) is 9.23. The van der Waals surface area contributed by atoms with Crippen molar-refractivity contribution < 1.29 is 9.59 Å². The summed E-state index contributed by atoms with van der Waals surface area (Å²) in [7, 11) is 0. The topological polar surface area (TPSA) is 40.6 Å². The van der Waals surface area contributed by atoms with Crippen LogP contribution in [0.3, 0.4) is 0 Å². The van der Waals surface area contributed by atoms with Crippen LogP contribution in [0.4, 0.5) is 0 Å². The smallest absolute Gasteiger partial charge is 0.225 e. The van der Waals surface area contributed by atoms with Gasteiger partial charge in [-0.15, -0.1) is 0 Å². The summed E-state index contributed by atoms with van der Waals surface area (Å²) in [6.07, 6.45) is 9.29. The van der Waals surface area contributed by atoms with Gasteiger partial charge in [0.2, 0.25) is 11.8 Å². The Kier molecular flexibility index (Phi) is 7.57. The van der Waals surface area contributed by atoms with Crippen molar-refractivity contribution in [3.63, 3.8) is 0 Å². The molecule has 0 bridgehead atoms. The second-order valence-corrected chi connectivity index (χ2v) is 8.28. The first-order chi connectivity index (χ1) is 11.5. The first kappa shape index (κ1) is 19.3. The van der Waals surface area contributed by atoms with Crippen molar-refractivity contribution in [3.05, 3.63) is 0 Å². The zero-order valence-electron chi connectivity index (χ0n) is 15.9. The Balaban J connectivity index is 1.72. The number of nitrogens with zero attached hydrogens (tertiary/aromatic N) is 2. The normalized spacial score (nSPS) is 21.2. The predicted molar refractivity (Wildman–Crippen MR) is 97.6 cm³/mol. The van der Waals surface area contributed by atoms with Crippen molar-refractivity contribution in [3.8, 4) is 0 Å². The van der Waals surface area contributed by atoms with Crippen LogP contribution in [-0.2, 0) is 9.59 Å². The van der Waals surface area contributed by atoms with Gasteiger partial charge >= 0.3 is 0 Å². The van der Waals surface area contributed by atoms with Gasteiger partial charge < -0.3 is 9.80 Å². The number of carbonyl (C=O) groups is 2. The van der Waals surface area contributed by atoms with E-state index in [-0.39, 0.29) is 11.8 Å². The number of hydrogen-bond acceptors (Lipinski definition) is 2. The fourth-order valence-corrected chi connectivity index (χ4v) is 4.08. The summed E-state index contributed by atoms with van der Waals surface area (Å²) in [4.78, 5) is 28.8. The molecule has 0 aromatic heterocycles. The van der Waals surface area contributed by atoms with Crippen LogP contribution in [0.5, 0.6) is 0 Å². The number of rotatable bonds is 6. The van der Waals surface area contributed by atoms with Gasteiger partial charge in [-0.2, -0.15) is 0 Å². The van der Waals surface area contributed by atoms with E-state index in [0.29, 0.717) is 44.4 Å². The molecule has 1 atom stereocenters. The average Bonchev–Trinajstić information content (AvgIpc) is 2.60. The maximum atomic E-state index is 12.7. The summed E-state index contributed by atoms with van der Waals surface area (Å²) >= 11 is 0. The first-order valence-electron chi connectivity index (χ1n) is 10.0. The van der Waals surface area contributed by atoms with Crippen LogP contribution in [0.25, 0.3) is 0 Å². The minimum atomic E-state index is 0.135. The fourth-order valence-electron chi connectivity index (χ4n) is 4.08. The van der Waals surface area contributed by atoms with Crippen LogP contribution in [-0.4, -0.2) is 47.8 Å². The van der Waals surface area contributed by atoms with E-state index in [1.165, 1.54) is 32.1 Å². The lowest BCUT2D eigenvalue weighted by atomic mass is 9.83. The fraction of sp³-hybridized carbons (Fsp3) is 0.900. The molecule has 0 aromatic rings. The summed E-state index contributed by atoms with van der Waals surface area (Å²) in [6, 6.07) is 0. The highest BCUT2D eigenvalue weighted by Crippen LogP contribution is 2.29. The third-order valence-electron chi connectivity index (χ3n) is 5.71. The number of hydrogen-bond donors (Lipinski definition) is 0. The summed E-state index contributed by atoms with van der Waals surface area (Å²) in [5.74, 6) is 2.01. The Labute approximate surface area is 148 Å². The van der Waals surface area contributed by atoms with Gasteiger partial charge in [0, 0.05) is 38.5 Å². The highest BCUT2D eigenvalue weighted by Gasteiger charge is 2.28. The SMILES string of the molecule is CC(C)CCC(=O)N1CCN(C(=O)C(C)CC2CCCCC2)CC1. The van der Waals surface area contributed by atoms with Crippen LogP contribution < -0.4 is 0 Å². The van der Waals surface area contributed by atoms with Crippen molar-refractivity contribution in [1.82, 2.24) is 9.80 Å². The lowest BCUT2D eigenvalue weighted by Gasteiger charge is -2.36. The van der Waals surface area contributed by atoms with Crippen LogP contribution in [0.1, 0.15) is 72.1 Å². The van der Waals surface area contributed by atoms with Gasteiger partial charge in [0.25, 0.3) is 0 Å². The molecule has 4 heteroatoms. The Morgan fingerprint density at radius 1 is 0.917 bits per heavy atom. The van der Waals surface area contributed by atoms with Gasteiger partial charge in [-0.05, 0) is 24.7 Å². The third kappa shape index (κ3) is 5.78. The minimum Gasteiger partial charge on any atom is -0.339 e. The standard InChI is InChI=1S/C20H36N2O2/c1-16(2)9-10-19(23)21-11-13-22(14-12-21)20(24)17(3)15-18-7-5-4-6-8-18/h16-18H,4-15H2,1-3H3. The van der Waals surface area contributed by atoms with E-state index in [0.717, 1.165) is 18.8 Å². The highest BCUT2D eigenvalue weighted by atomic mass is 16.2. The third-order valence-corrected chi connectivity index (χ3v) is 5.71. The molecule has 138 valence electrons. The molecular weight excluding hydrogens is 300 g/mol. The van der Waals surface area contributed by atoms with Gasteiger partial charge in [-0.1, -0.05) is 52.9 Å². The molecule has 0 aromatic carbocycles. The lowest BCUT2D eigenvalue weighted by molar-refractivity contribution is -0.142. The number of amides is 2. The summed E-state index contributed by atoms with van der Waals surface area (Å²) < 4.78 is 0. The Morgan fingerprint density at radius 3 is 2.08 bits per heavy atom. The predicted octanol–water partition coefficient (Wildman–Crippen LogP) is 3.70. The van der Waals surface area contributed by atoms with Gasteiger partial charge in [0.05, 0.1) is 0 Å². The lowest BCUT2D eigenvalue weighted by Crippen LogP contribution is -2.51. The second kappa shape index (κ2) is 9.43. The molecule has 2 rings (SSSR count). The molecule has 2 aliphatic rings. The van der Waals surface area contributed by atoms with E-state index in [4.69, 9.17) is 0 Å². The zero-order valence-corrected chi connectivity index (χ0v) is 15.9. The molecule has 1 saturated heterocycles. The van der Waals surface area contributed by atoms with Crippen molar-refractivity contribution >= 4 is 11.8 Å². The van der Waals surface area contributed by atoms with Crippen molar-refractivity contribution in [2.75, 3.05) is 26.2 Å².